The molecule has 6 nitrogen and oxygen atoms in total. The van der Waals surface area contributed by atoms with E-state index >= 15 is 0 Å². The molecule has 1 atom stereocenters. The summed E-state index contributed by atoms with van der Waals surface area (Å²) in [6.45, 7) is 0. The molecule has 0 unspecified atom stereocenters. The number of hydrogen-bond acceptors (Lipinski definition) is 4. The molecule has 4 amide bonds. The van der Waals surface area contributed by atoms with Crippen LogP contribution in [0.2, 0.25) is 5.02 Å². The lowest BCUT2D eigenvalue weighted by molar-refractivity contribution is -0.131. The van der Waals surface area contributed by atoms with Gasteiger partial charge in [-0.05, 0) is 71.1 Å². The van der Waals surface area contributed by atoms with E-state index in [1.165, 1.54) is 18.3 Å². The van der Waals surface area contributed by atoms with E-state index in [4.69, 9.17) is 11.6 Å². The van der Waals surface area contributed by atoms with Crippen molar-refractivity contribution >= 4 is 69.6 Å². The summed E-state index contributed by atoms with van der Waals surface area (Å²) >= 11 is 7.99. The zero-order valence-corrected chi connectivity index (χ0v) is 15.6. The first-order chi connectivity index (χ1) is 12.0. The molecule has 1 heterocycles. The number of anilines is 1. The molecule has 0 aliphatic carbocycles. The highest BCUT2D eigenvalue weighted by Gasteiger charge is 2.40. The topological polar surface area (TPSA) is 78.8 Å². The van der Waals surface area contributed by atoms with Crippen LogP contribution in [0.25, 0.3) is 0 Å². The first-order valence-electron chi connectivity index (χ1n) is 7.20. The second-order valence-corrected chi connectivity index (χ2v) is 6.86. The zero-order chi connectivity index (χ0) is 18.0. The molecule has 8 heteroatoms. The van der Waals surface area contributed by atoms with E-state index in [1.54, 1.807) is 24.3 Å². The van der Waals surface area contributed by atoms with Crippen molar-refractivity contribution in [2.75, 3.05) is 4.90 Å². The Hall–Kier alpha value is -2.26. The third-order valence-electron chi connectivity index (χ3n) is 3.49. The van der Waals surface area contributed by atoms with Crippen molar-refractivity contribution in [3.8, 4) is 0 Å². The van der Waals surface area contributed by atoms with Gasteiger partial charge in [0, 0.05) is 14.8 Å². The summed E-state index contributed by atoms with van der Waals surface area (Å²) in [4.78, 5) is 41.8. The van der Waals surface area contributed by atoms with E-state index in [0.29, 0.717) is 16.4 Å². The monoisotopic (exact) mass is 467 g/mol. The number of carbonyl (C=O) groups excluding carboxylic acids is 3. The average molecular weight is 468 g/mol. The first kappa shape index (κ1) is 17.6. The van der Waals surface area contributed by atoms with E-state index < -0.39 is 23.8 Å². The van der Waals surface area contributed by atoms with Crippen LogP contribution in [-0.4, -0.2) is 24.1 Å². The molecule has 0 bridgehead atoms. The Balaban J connectivity index is 1.87. The summed E-state index contributed by atoms with van der Waals surface area (Å²) in [5.74, 6) is -2.55. The lowest BCUT2D eigenvalue weighted by Crippen LogP contribution is -2.58. The van der Waals surface area contributed by atoms with Crippen LogP contribution < -0.4 is 10.2 Å². The van der Waals surface area contributed by atoms with Gasteiger partial charge in [0.05, 0.1) is 11.4 Å². The summed E-state index contributed by atoms with van der Waals surface area (Å²) in [5, 5.41) is 2.64. The van der Waals surface area contributed by atoms with Gasteiger partial charge in [-0.1, -0.05) is 11.6 Å². The number of hydrogen-bond donors (Lipinski definition) is 1. The maximum atomic E-state index is 12.6. The molecule has 0 radical (unpaired) electrons. The number of benzene rings is 2. The van der Waals surface area contributed by atoms with Gasteiger partial charge < -0.3 is 0 Å². The quantitative estimate of drug-likeness (QED) is 0.426. The van der Waals surface area contributed by atoms with Crippen molar-refractivity contribution in [1.29, 1.82) is 0 Å². The predicted molar refractivity (Wildman–Crippen MR) is 103 cm³/mol. The van der Waals surface area contributed by atoms with Gasteiger partial charge in [0.2, 0.25) is 5.91 Å². The Morgan fingerprint density at radius 1 is 1.04 bits per heavy atom. The van der Waals surface area contributed by atoms with Crippen LogP contribution in [-0.2, 0) is 9.59 Å². The fraction of sp³-hybridized carbons (Fsp3) is 0.0588. The number of imide groups is 2. The van der Waals surface area contributed by atoms with Crippen LogP contribution in [0.1, 0.15) is 0 Å². The molecule has 25 heavy (non-hydrogen) atoms. The highest BCUT2D eigenvalue weighted by Crippen LogP contribution is 2.23. The third kappa shape index (κ3) is 3.88. The molecule has 2 aromatic rings. The van der Waals surface area contributed by atoms with Gasteiger partial charge in [-0.2, -0.15) is 0 Å². The van der Waals surface area contributed by atoms with E-state index in [0.717, 1.165) is 8.47 Å². The van der Waals surface area contributed by atoms with Crippen molar-refractivity contribution in [1.82, 2.24) is 5.32 Å². The van der Waals surface area contributed by atoms with Gasteiger partial charge >= 0.3 is 6.03 Å². The maximum Gasteiger partial charge on any atom is 0.335 e. The number of nitrogens with one attached hydrogen (secondary N) is 1. The van der Waals surface area contributed by atoms with Gasteiger partial charge in [0.15, 0.2) is 5.92 Å². The molecule has 0 aromatic heterocycles. The smallest absolute Gasteiger partial charge is 0.276 e. The van der Waals surface area contributed by atoms with Crippen molar-refractivity contribution in [2.24, 2.45) is 10.9 Å². The predicted octanol–water partition coefficient (Wildman–Crippen LogP) is 3.55. The number of nitrogens with zero attached hydrogens (tertiary/aromatic N) is 2. The van der Waals surface area contributed by atoms with Crippen LogP contribution in [0.15, 0.2) is 53.5 Å². The van der Waals surface area contributed by atoms with Gasteiger partial charge in [0.25, 0.3) is 5.91 Å². The van der Waals surface area contributed by atoms with Crippen LogP contribution in [0.3, 0.4) is 0 Å². The number of halogens is 2. The Labute approximate surface area is 162 Å². The molecule has 1 aliphatic heterocycles. The second-order valence-electron chi connectivity index (χ2n) is 5.18. The third-order valence-corrected chi connectivity index (χ3v) is 4.46. The minimum absolute atomic E-state index is 0.326. The van der Waals surface area contributed by atoms with Gasteiger partial charge in [0.1, 0.15) is 0 Å². The zero-order valence-electron chi connectivity index (χ0n) is 12.6. The molecule has 0 spiro atoms. The Morgan fingerprint density at radius 3 is 2.32 bits per heavy atom. The van der Waals surface area contributed by atoms with Crippen molar-refractivity contribution in [3.63, 3.8) is 0 Å². The van der Waals surface area contributed by atoms with Crippen LogP contribution >= 0.6 is 34.2 Å². The standard InChI is InChI=1S/C17H11ClIN3O3/c18-10-1-7-13(8-2-10)22-16(24)14(15(23)21-17(22)25)9-20-12-5-3-11(19)4-6-12/h1-9,14H,(H,21,23,25)/t14-/m1/s1. The number of urea groups is 1. The fourth-order valence-corrected chi connectivity index (χ4v) is 2.73. The molecular formula is C17H11ClIN3O3. The summed E-state index contributed by atoms with van der Waals surface area (Å²) in [6.07, 6.45) is 1.25. The molecule has 126 valence electrons. The highest BCUT2D eigenvalue weighted by molar-refractivity contribution is 14.1. The Morgan fingerprint density at radius 2 is 1.68 bits per heavy atom. The molecule has 1 N–H and O–H groups in total. The Bertz CT molecular complexity index is 866. The molecule has 1 aliphatic rings. The largest absolute Gasteiger partial charge is 0.335 e. The van der Waals surface area contributed by atoms with Crippen LogP contribution in [0.4, 0.5) is 16.2 Å². The fourth-order valence-electron chi connectivity index (χ4n) is 2.24. The van der Waals surface area contributed by atoms with E-state index in [2.05, 4.69) is 32.9 Å². The summed E-state index contributed by atoms with van der Waals surface area (Å²) in [6, 6.07) is 12.6. The van der Waals surface area contributed by atoms with Crippen LogP contribution in [0.5, 0.6) is 0 Å². The molecule has 1 saturated heterocycles. The maximum absolute atomic E-state index is 12.6. The molecule has 2 aromatic carbocycles. The second kappa shape index (κ2) is 7.32. The van der Waals surface area contributed by atoms with Gasteiger partial charge in [-0.15, -0.1) is 0 Å². The highest BCUT2D eigenvalue weighted by atomic mass is 127. The van der Waals surface area contributed by atoms with E-state index in [-0.39, 0.29) is 0 Å². The molecular weight excluding hydrogens is 457 g/mol. The van der Waals surface area contributed by atoms with E-state index in [9.17, 15) is 14.4 Å². The lowest BCUT2D eigenvalue weighted by atomic mass is 10.1. The lowest BCUT2D eigenvalue weighted by Gasteiger charge is -2.28. The van der Waals surface area contributed by atoms with Gasteiger partial charge in [-0.3, -0.25) is 19.9 Å². The number of aliphatic imine (C=N–C) groups is 1. The Kier molecular flexibility index (Phi) is 5.14. The van der Waals surface area contributed by atoms with Crippen molar-refractivity contribution < 1.29 is 14.4 Å². The number of carbonyl (C=O) groups is 3. The van der Waals surface area contributed by atoms with E-state index in [1.807, 2.05) is 12.1 Å². The van der Waals surface area contributed by atoms with Crippen LogP contribution in [0, 0.1) is 9.49 Å². The molecule has 3 rings (SSSR count). The van der Waals surface area contributed by atoms with Crippen molar-refractivity contribution in [3.05, 3.63) is 57.1 Å². The number of rotatable bonds is 3. The number of barbiturate groups is 1. The minimum atomic E-state index is -1.19. The normalized spacial score (nSPS) is 17.9. The summed E-state index contributed by atoms with van der Waals surface area (Å²) in [7, 11) is 0. The summed E-state index contributed by atoms with van der Waals surface area (Å²) in [5.41, 5.74) is 0.933. The SMILES string of the molecule is O=C1NC(=O)N(c2ccc(Cl)cc2)C(=O)[C@@H]1C=Nc1ccc(I)cc1. The minimum Gasteiger partial charge on any atom is -0.276 e. The summed E-state index contributed by atoms with van der Waals surface area (Å²) < 4.78 is 1.04. The van der Waals surface area contributed by atoms with Crippen molar-refractivity contribution in [2.45, 2.75) is 0 Å². The average Bonchev–Trinajstić information content (AvgIpc) is 2.57. The number of amides is 4. The molecule has 1 fully saturated rings. The van der Waals surface area contributed by atoms with Gasteiger partial charge in [-0.25, -0.2) is 9.69 Å². The first-order valence-corrected chi connectivity index (χ1v) is 8.65. The molecule has 0 saturated carbocycles.